The summed E-state index contributed by atoms with van der Waals surface area (Å²) < 4.78 is 5.56. The van der Waals surface area contributed by atoms with Gasteiger partial charge in [-0.05, 0) is 60.4 Å². The molecular weight excluding hydrogens is 519 g/mol. The zero-order chi connectivity index (χ0) is 23.0. The molecule has 0 aromatic carbocycles. The maximum Gasteiger partial charge on any atom is 0.410 e. The SMILES string of the molecule is CCN(CC1CCN(C(=NC)NCC(C)N2CCN(C)CC2)CC1)C(=O)OC(C)(C)C.I. The fraction of sp³-hybridized carbons (Fsp3) is 0.913. The Balaban J connectivity index is 0.00000512. The molecular formula is C23H47IN6O2. The molecule has 188 valence electrons. The largest absolute Gasteiger partial charge is 0.444 e. The van der Waals surface area contributed by atoms with E-state index in [0.717, 1.165) is 71.2 Å². The summed E-state index contributed by atoms with van der Waals surface area (Å²) in [5.74, 6) is 1.50. The second-order valence-corrected chi connectivity index (χ2v) is 10.1. The molecule has 0 aromatic heterocycles. The zero-order valence-corrected chi connectivity index (χ0v) is 23.7. The van der Waals surface area contributed by atoms with Crippen molar-refractivity contribution in [3.63, 3.8) is 0 Å². The average molecular weight is 567 g/mol. The third-order valence-electron chi connectivity index (χ3n) is 6.35. The smallest absolute Gasteiger partial charge is 0.410 e. The van der Waals surface area contributed by atoms with Gasteiger partial charge >= 0.3 is 6.09 Å². The third-order valence-corrected chi connectivity index (χ3v) is 6.35. The molecule has 2 aliphatic rings. The number of rotatable bonds is 6. The monoisotopic (exact) mass is 566 g/mol. The van der Waals surface area contributed by atoms with Crippen LogP contribution in [0.5, 0.6) is 0 Å². The van der Waals surface area contributed by atoms with E-state index >= 15 is 0 Å². The van der Waals surface area contributed by atoms with Gasteiger partial charge in [-0.15, -0.1) is 24.0 Å². The zero-order valence-electron chi connectivity index (χ0n) is 21.4. The summed E-state index contributed by atoms with van der Waals surface area (Å²) in [4.78, 5) is 26.1. The Hall–Kier alpha value is -0.810. The van der Waals surface area contributed by atoms with E-state index in [-0.39, 0.29) is 30.1 Å². The Labute approximate surface area is 213 Å². The maximum atomic E-state index is 12.4. The molecule has 0 radical (unpaired) electrons. The van der Waals surface area contributed by atoms with Gasteiger partial charge in [-0.1, -0.05) is 0 Å². The summed E-state index contributed by atoms with van der Waals surface area (Å²) in [6.07, 6.45) is 1.93. The summed E-state index contributed by atoms with van der Waals surface area (Å²) in [6.45, 7) is 18.9. The first-order chi connectivity index (χ1) is 14.6. The molecule has 2 fully saturated rings. The molecule has 2 rings (SSSR count). The Morgan fingerprint density at radius 2 is 1.75 bits per heavy atom. The van der Waals surface area contributed by atoms with Crippen LogP contribution in [0, 0.1) is 5.92 Å². The van der Waals surface area contributed by atoms with Crippen LogP contribution in [0.3, 0.4) is 0 Å². The number of nitrogens with one attached hydrogen (secondary N) is 1. The van der Waals surface area contributed by atoms with Crippen LogP contribution in [0.1, 0.15) is 47.5 Å². The van der Waals surface area contributed by atoms with Gasteiger partial charge in [0.25, 0.3) is 0 Å². The van der Waals surface area contributed by atoms with Crippen molar-refractivity contribution >= 4 is 36.0 Å². The van der Waals surface area contributed by atoms with Crippen LogP contribution in [-0.2, 0) is 4.74 Å². The van der Waals surface area contributed by atoms with Gasteiger partial charge in [0.1, 0.15) is 5.60 Å². The summed E-state index contributed by atoms with van der Waals surface area (Å²) in [6, 6.07) is 0.495. The van der Waals surface area contributed by atoms with Crippen LogP contribution in [0.2, 0.25) is 0 Å². The lowest BCUT2D eigenvalue weighted by Crippen LogP contribution is -2.53. The van der Waals surface area contributed by atoms with Gasteiger partial charge in [-0.25, -0.2) is 4.79 Å². The molecule has 1 unspecified atom stereocenters. The Morgan fingerprint density at radius 1 is 1.16 bits per heavy atom. The van der Waals surface area contributed by atoms with Gasteiger partial charge in [0.2, 0.25) is 0 Å². The minimum Gasteiger partial charge on any atom is -0.444 e. The van der Waals surface area contributed by atoms with Crippen molar-refractivity contribution in [1.82, 2.24) is 24.9 Å². The molecule has 2 saturated heterocycles. The molecule has 9 heteroatoms. The first-order valence-corrected chi connectivity index (χ1v) is 12.0. The van der Waals surface area contributed by atoms with Crippen molar-refractivity contribution in [2.45, 2.75) is 59.1 Å². The molecule has 0 aliphatic carbocycles. The van der Waals surface area contributed by atoms with Gasteiger partial charge < -0.3 is 24.8 Å². The van der Waals surface area contributed by atoms with Crippen LogP contribution >= 0.6 is 24.0 Å². The number of likely N-dealkylation sites (N-methyl/N-ethyl adjacent to an activating group) is 1. The lowest BCUT2D eigenvalue weighted by atomic mass is 9.96. The van der Waals surface area contributed by atoms with Crippen LogP contribution in [0.15, 0.2) is 4.99 Å². The molecule has 0 aromatic rings. The Bertz CT molecular complexity index is 582. The highest BCUT2D eigenvalue weighted by molar-refractivity contribution is 14.0. The van der Waals surface area contributed by atoms with Crippen molar-refractivity contribution < 1.29 is 9.53 Å². The summed E-state index contributed by atoms with van der Waals surface area (Å²) in [5, 5.41) is 3.59. The highest BCUT2D eigenvalue weighted by Crippen LogP contribution is 2.20. The number of hydrogen-bond donors (Lipinski definition) is 1. The summed E-state index contributed by atoms with van der Waals surface area (Å²) in [7, 11) is 4.06. The number of piperidine rings is 1. The van der Waals surface area contributed by atoms with Gasteiger partial charge in [0.05, 0.1) is 0 Å². The molecule has 1 amide bonds. The number of amides is 1. The number of aliphatic imine (C=N–C) groups is 1. The first kappa shape index (κ1) is 29.2. The van der Waals surface area contributed by atoms with E-state index in [1.165, 1.54) is 0 Å². The Kier molecular flexibility index (Phi) is 12.6. The average Bonchev–Trinajstić information content (AvgIpc) is 2.72. The number of hydrogen-bond acceptors (Lipinski definition) is 5. The first-order valence-electron chi connectivity index (χ1n) is 12.0. The number of guanidine groups is 1. The van der Waals surface area contributed by atoms with Crippen molar-refractivity contribution in [1.29, 1.82) is 0 Å². The van der Waals surface area contributed by atoms with E-state index < -0.39 is 5.60 Å². The number of carbonyl (C=O) groups excluding carboxylic acids is 1. The summed E-state index contributed by atoms with van der Waals surface area (Å²) in [5.41, 5.74) is -0.451. The predicted octanol–water partition coefficient (Wildman–Crippen LogP) is 2.78. The minimum atomic E-state index is -0.451. The number of ether oxygens (including phenoxy) is 1. The van der Waals surface area contributed by atoms with Gasteiger partial charge in [0.15, 0.2) is 5.96 Å². The molecule has 0 saturated carbocycles. The molecule has 1 N–H and O–H groups in total. The lowest BCUT2D eigenvalue weighted by Gasteiger charge is -2.38. The number of likely N-dealkylation sites (tertiary alicyclic amines) is 1. The second kappa shape index (κ2) is 13.8. The Morgan fingerprint density at radius 3 is 2.25 bits per heavy atom. The van der Waals surface area contributed by atoms with Crippen LogP contribution < -0.4 is 5.32 Å². The molecule has 0 spiro atoms. The molecule has 8 nitrogen and oxygen atoms in total. The van der Waals surface area contributed by atoms with Crippen molar-refractivity contribution in [3.8, 4) is 0 Å². The highest BCUT2D eigenvalue weighted by atomic mass is 127. The molecule has 32 heavy (non-hydrogen) atoms. The summed E-state index contributed by atoms with van der Waals surface area (Å²) >= 11 is 0. The molecule has 2 heterocycles. The lowest BCUT2D eigenvalue weighted by molar-refractivity contribution is 0.0214. The number of carbonyl (C=O) groups is 1. The quantitative estimate of drug-likeness (QED) is 0.303. The molecule has 1 atom stereocenters. The maximum absolute atomic E-state index is 12.4. The minimum absolute atomic E-state index is 0. The second-order valence-electron chi connectivity index (χ2n) is 10.1. The van der Waals surface area contributed by atoms with Gasteiger partial charge in [-0.3, -0.25) is 9.89 Å². The van der Waals surface area contributed by atoms with Crippen LogP contribution in [0.25, 0.3) is 0 Å². The molecule has 2 aliphatic heterocycles. The number of nitrogens with zero attached hydrogens (tertiary/aromatic N) is 5. The number of piperazine rings is 1. The van der Waals surface area contributed by atoms with E-state index in [1.807, 2.05) is 39.6 Å². The third kappa shape index (κ3) is 9.59. The van der Waals surface area contributed by atoms with Crippen molar-refractivity contribution in [2.24, 2.45) is 10.9 Å². The topological polar surface area (TPSA) is 63.7 Å². The fourth-order valence-electron chi connectivity index (χ4n) is 4.26. The fourth-order valence-corrected chi connectivity index (χ4v) is 4.26. The van der Waals surface area contributed by atoms with Gasteiger partial charge in [-0.2, -0.15) is 0 Å². The van der Waals surface area contributed by atoms with E-state index in [4.69, 9.17) is 4.74 Å². The van der Waals surface area contributed by atoms with Crippen LogP contribution in [0.4, 0.5) is 4.79 Å². The van der Waals surface area contributed by atoms with Crippen molar-refractivity contribution in [3.05, 3.63) is 0 Å². The van der Waals surface area contributed by atoms with E-state index in [2.05, 4.69) is 39.0 Å². The predicted molar refractivity (Wildman–Crippen MR) is 143 cm³/mol. The standard InChI is InChI=1S/C23H46N6O2.HI/c1-8-27(22(30)31-23(3,4)5)18-20-9-11-29(12-10-20)21(24-6)25-17-19(2)28-15-13-26(7)14-16-28;/h19-20H,8-18H2,1-7H3,(H,24,25);1H. The van der Waals surface area contributed by atoms with Crippen LogP contribution in [-0.4, -0.2) is 116 Å². The van der Waals surface area contributed by atoms with E-state index in [9.17, 15) is 4.79 Å². The van der Waals surface area contributed by atoms with E-state index in [0.29, 0.717) is 18.5 Å². The highest BCUT2D eigenvalue weighted by Gasteiger charge is 2.27. The normalized spacial score (nSPS) is 20.5. The molecule has 0 bridgehead atoms. The van der Waals surface area contributed by atoms with Gasteiger partial charge in [0, 0.05) is 72.0 Å². The van der Waals surface area contributed by atoms with E-state index in [1.54, 1.807) is 0 Å². The number of halogens is 1. The van der Waals surface area contributed by atoms with Crippen molar-refractivity contribution in [2.75, 3.05) is 73.0 Å².